The van der Waals surface area contributed by atoms with Crippen LogP contribution in [0.2, 0.25) is 0 Å². The highest BCUT2D eigenvalue weighted by Crippen LogP contribution is 2.30. The van der Waals surface area contributed by atoms with Crippen molar-refractivity contribution in [1.29, 1.82) is 0 Å². The van der Waals surface area contributed by atoms with Gasteiger partial charge < -0.3 is 5.32 Å². The van der Waals surface area contributed by atoms with Gasteiger partial charge in [0.05, 0.1) is 4.88 Å². The van der Waals surface area contributed by atoms with E-state index in [1.54, 1.807) is 11.3 Å². The molecule has 1 N–H and O–H groups in total. The SMILES string of the molecule is CC(C)CC(CCl)NC(=O)c1cc2c(s1)CCC2. The maximum absolute atomic E-state index is 12.1. The zero-order chi connectivity index (χ0) is 13.1. The highest BCUT2D eigenvalue weighted by Gasteiger charge is 2.20. The van der Waals surface area contributed by atoms with Gasteiger partial charge in [0.25, 0.3) is 5.91 Å². The fourth-order valence-corrected chi connectivity index (χ4v) is 3.79. The summed E-state index contributed by atoms with van der Waals surface area (Å²) < 4.78 is 0. The summed E-state index contributed by atoms with van der Waals surface area (Å²) in [6.07, 6.45) is 4.43. The minimum absolute atomic E-state index is 0.0423. The molecule has 1 atom stereocenters. The molecule has 0 radical (unpaired) electrons. The first-order valence-corrected chi connectivity index (χ1v) is 7.93. The lowest BCUT2D eigenvalue weighted by atomic mass is 10.1. The minimum Gasteiger partial charge on any atom is -0.347 e. The largest absolute Gasteiger partial charge is 0.347 e. The number of fused-ring (bicyclic) bond motifs is 1. The zero-order valence-corrected chi connectivity index (χ0v) is 12.5. The van der Waals surface area contributed by atoms with Gasteiger partial charge in [0.1, 0.15) is 0 Å². The molecule has 1 unspecified atom stereocenters. The van der Waals surface area contributed by atoms with E-state index in [2.05, 4.69) is 25.2 Å². The number of aryl methyl sites for hydroxylation is 2. The number of carbonyl (C=O) groups is 1. The van der Waals surface area contributed by atoms with Crippen molar-refractivity contribution in [3.63, 3.8) is 0 Å². The van der Waals surface area contributed by atoms with E-state index in [9.17, 15) is 4.79 Å². The third-order valence-electron chi connectivity index (χ3n) is 3.25. The smallest absolute Gasteiger partial charge is 0.261 e. The third-order valence-corrected chi connectivity index (χ3v) is 4.86. The van der Waals surface area contributed by atoms with Crippen molar-refractivity contribution in [2.45, 2.75) is 45.6 Å². The molecule has 1 amide bonds. The predicted octanol–water partition coefficient (Wildman–Crippen LogP) is 3.62. The number of alkyl halides is 1. The summed E-state index contributed by atoms with van der Waals surface area (Å²) in [5.41, 5.74) is 1.37. The van der Waals surface area contributed by atoms with E-state index >= 15 is 0 Å². The number of thiophene rings is 1. The third kappa shape index (κ3) is 3.27. The van der Waals surface area contributed by atoms with Crippen molar-refractivity contribution in [2.24, 2.45) is 5.92 Å². The molecule has 0 fully saturated rings. The predicted molar refractivity (Wildman–Crippen MR) is 77.8 cm³/mol. The Balaban J connectivity index is 1.97. The number of hydrogen-bond donors (Lipinski definition) is 1. The quantitative estimate of drug-likeness (QED) is 0.823. The number of hydrogen-bond acceptors (Lipinski definition) is 2. The summed E-state index contributed by atoms with van der Waals surface area (Å²) in [7, 11) is 0. The van der Waals surface area contributed by atoms with Crippen molar-refractivity contribution in [3.05, 3.63) is 21.4 Å². The fraction of sp³-hybridized carbons (Fsp3) is 0.643. The Kier molecular flexibility index (Phi) is 4.68. The lowest BCUT2D eigenvalue weighted by Crippen LogP contribution is -2.36. The first-order valence-electron chi connectivity index (χ1n) is 6.58. The van der Waals surface area contributed by atoms with Gasteiger partial charge in [-0.2, -0.15) is 0 Å². The molecular formula is C14H20ClNOS. The molecule has 100 valence electrons. The summed E-state index contributed by atoms with van der Waals surface area (Å²) in [4.78, 5) is 14.4. The van der Waals surface area contributed by atoms with Crippen LogP contribution in [0.1, 0.15) is 46.8 Å². The molecular weight excluding hydrogens is 266 g/mol. The number of carbonyl (C=O) groups excluding carboxylic acids is 1. The van der Waals surface area contributed by atoms with Crippen molar-refractivity contribution in [3.8, 4) is 0 Å². The van der Waals surface area contributed by atoms with Crippen LogP contribution in [0, 0.1) is 5.92 Å². The second-order valence-electron chi connectivity index (χ2n) is 5.37. The summed E-state index contributed by atoms with van der Waals surface area (Å²) in [6, 6.07) is 2.14. The minimum atomic E-state index is 0.0423. The number of rotatable bonds is 5. The van der Waals surface area contributed by atoms with Crippen LogP contribution in [0.3, 0.4) is 0 Å². The van der Waals surface area contributed by atoms with E-state index < -0.39 is 0 Å². The summed E-state index contributed by atoms with van der Waals surface area (Å²) in [5.74, 6) is 1.07. The van der Waals surface area contributed by atoms with E-state index in [4.69, 9.17) is 11.6 Å². The van der Waals surface area contributed by atoms with E-state index in [-0.39, 0.29) is 11.9 Å². The molecule has 1 aliphatic rings. The van der Waals surface area contributed by atoms with Gasteiger partial charge in [0.15, 0.2) is 0 Å². The van der Waals surface area contributed by atoms with E-state index in [0.717, 1.165) is 24.1 Å². The monoisotopic (exact) mass is 285 g/mol. The van der Waals surface area contributed by atoms with Crippen LogP contribution in [0.15, 0.2) is 6.07 Å². The van der Waals surface area contributed by atoms with E-state index in [1.165, 1.54) is 16.9 Å². The van der Waals surface area contributed by atoms with Gasteiger partial charge in [0.2, 0.25) is 0 Å². The highest BCUT2D eigenvalue weighted by atomic mass is 35.5. The van der Waals surface area contributed by atoms with Gasteiger partial charge in [-0.1, -0.05) is 13.8 Å². The molecule has 0 aromatic carbocycles. The summed E-state index contributed by atoms with van der Waals surface area (Å²) in [6.45, 7) is 4.29. The Morgan fingerprint density at radius 1 is 1.50 bits per heavy atom. The molecule has 1 aliphatic carbocycles. The molecule has 1 heterocycles. The van der Waals surface area contributed by atoms with Crippen LogP contribution >= 0.6 is 22.9 Å². The van der Waals surface area contributed by atoms with E-state index in [1.807, 2.05) is 0 Å². The molecule has 0 saturated carbocycles. The average molecular weight is 286 g/mol. The molecule has 0 spiro atoms. The van der Waals surface area contributed by atoms with Crippen LogP contribution in [0.4, 0.5) is 0 Å². The van der Waals surface area contributed by atoms with E-state index in [0.29, 0.717) is 11.8 Å². The highest BCUT2D eigenvalue weighted by molar-refractivity contribution is 7.14. The van der Waals surface area contributed by atoms with Gasteiger partial charge in [0, 0.05) is 16.8 Å². The Hall–Kier alpha value is -0.540. The Labute approximate surface area is 118 Å². The lowest BCUT2D eigenvalue weighted by molar-refractivity contribution is 0.0940. The van der Waals surface area contributed by atoms with Gasteiger partial charge in [-0.15, -0.1) is 22.9 Å². The van der Waals surface area contributed by atoms with Crippen LogP contribution in [-0.4, -0.2) is 17.8 Å². The molecule has 4 heteroatoms. The molecule has 0 saturated heterocycles. The van der Waals surface area contributed by atoms with Gasteiger partial charge >= 0.3 is 0 Å². The van der Waals surface area contributed by atoms with Crippen molar-refractivity contribution >= 4 is 28.8 Å². The second-order valence-corrected chi connectivity index (χ2v) is 6.81. The summed E-state index contributed by atoms with van der Waals surface area (Å²) in [5, 5.41) is 3.04. The maximum Gasteiger partial charge on any atom is 0.261 e. The fourth-order valence-electron chi connectivity index (χ4n) is 2.43. The second kappa shape index (κ2) is 6.07. The molecule has 18 heavy (non-hydrogen) atoms. The van der Waals surface area contributed by atoms with Crippen LogP contribution in [0.25, 0.3) is 0 Å². The normalized spacial score (nSPS) is 15.8. The molecule has 2 nitrogen and oxygen atoms in total. The number of amides is 1. The van der Waals surface area contributed by atoms with Crippen molar-refractivity contribution < 1.29 is 4.79 Å². The Morgan fingerprint density at radius 3 is 2.89 bits per heavy atom. The lowest BCUT2D eigenvalue weighted by Gasteiger charge is -2.17. The molecule has 2 rings (SSSR count). The average Bonchev–Trinajstić information content (AvgIpc) is 2.87. The summed E-state index contributed by atoms with van der Waals surface area (Å²) >= 11 is 7.55. The van der Waals surface area contributed by atoms with Crippen molar-refractivity contribution in [1.82, 2.24) is 5.32 Å². The Bertz CT molecular complexity index is 406. The topological polar surface area (TPSA) is 29.1 Å². The number of nitrogens with one attached hydrogen (secondary N) is 1. The van der Waals surface area contributed by atoms with Gasteiger partial charge in [-0.3, -0.25) is 4.79 Å². The standard InChI is InChI=1S/C14H20ClNOS/c1-9(2)6-11(8-15)16-14(17)13-7-10-4-3-5-12(10)18-13/h7,9,11H,3-6,8H2,1-2H3,(H,16,17). The van der Waals surface area contributed by atoms with Crippen LogP contribution in [-0.2, 0) is 12.8 Å². The zero-order valence-electron chi connectivity index (χ0n) is 11.0. The maximum atomic E-state index is 12.1. The van der Waals surface area contributed by atoms with Gasteiger partial charge in [-0.05, 0) is 43.2 Å². The van der Waals surface area contributed by atoms with Crippen LogP contribution < -0.4 is 5.32 Å². The Morgan fingerprint density at radius 2 is 2.28 bits per heavy atom. The molecule has 1 aromatic heterocycles. The number of halogens is 1. The van der Waals surface area contributed by atoms with Gasteiger partial charge in [-0.25, -0.2) is 0 Å². The molecule has 0 bridgehead atoms. The van der Waals surface area contributed by atoms with Crippen molar-refractivity contribution in [2.75, 3.05) is 5.88 Å². The molecule has 1 aromatic rings. The van der Waals surface area contributed by atoms with Crippen LogP contribution in [0.5, 0.6) is 0 Å². The first-order chi connectivity index (χ1) is 8.60. The first kappa shape index (κ1) is 13.9. The molecule has 0 aliphatic heterocycles.